The van der Waals surface area contributed by atoms with E-state index in [9.17, 15) is 9.18 Å². The van der Waals surface area contributed by atoms with Crippen molar-refractivity contribution in [2.75, 3.05) is 6.54 Å². The largest absolute Gasteiger partial charge is 0.421 e. The molecule has 0 aliphatic heterocycles. The number of aromatic nitrogens is 2. The summed E-state index contributed by atoms with van der Waals surface area (Å²) in [6, 6.07) is 15.9. The summed E-state index contributed by atoms with van der Waals surface area (Å²) in [7, 11) is 0. The predicted octanol–water partition coefficient (Wildman–Crippen LogP) is 3.56. The fourth-order valence-electron chi connectivity index (χ4n) is 2.54. The van der Waals surface area contributed by atoms with Crippen molar-refractivity contribution in [2.24, 2.45) is 0 Å². The van der Waals surface area contributed by atoms with Gasteiger partial charge in [-0.2, -0.15) is 0 Å². The third-order valence-electron chi connectivity index (χ3n) is 3.93. The number of carbonyl (C=O) groups excluding carboxylic acids is 1. The van der Waals surface area contributed by atoms with Crippen LogP contribution < -0.4 is 5.32 Å². The average Bonchev–Trinajstić information content (AvgIpc) is 3.13. The average molecular weight is 353 g/mol. The quantitative estimate of drug-likeness (QED) is 0.672. The van der Waals surface area contributed by atoms with Gasteiger partial charge in [0.05, 0.1) is 0 Å². The third-order valence-corrected chi connectivity index (χ3v) is 3.93. The van der Waals surface area contributed by atoms with E-state index in [1.807, 2.05) is 30.3 Å². The predicted molar refractivity (Wildman–Crippen MR) is 95.8 cm³/mol. The molecule has 0 unspecified atom stereocenters. The molecule has 0 atom stereocenters. The minimum absolute atomic E-state index is 0.0186. The second-order valence-corrected chi connectivity index (χ2v) is 5.95. The molecular weight excluding hydrogens is 333 g/mol. The van der Waals surface area contributed by atoms with E-state index in [4.69, 9.17) is 4.42 Å². The molecule has 1 N–H and O–H groups in total. The van der Waals surface area contributed by atoms with Gasteiger partial charge in [-0.3, -0.25) is 4.79 Å². The normalized spacial score (nSPS) is 10.7. The topological polar surface area (TPSA) is 68.0 Å². The molecule has 1 amide bonds. The molecule has 0 aliphatic carbocycles. The van der Waals surface area contributed by atoms with Crippen molar-refractivity contribution in [1.82, 2.24) is 15.5 Å². The fourth-order valence-corrected chi connectivity index (χ4v) is 2.54. The van der Waals surface area contributed by atoms with Crippen LogP contribution in [0.3, 0.4) is 0 Å². The maximum absolute atomic E-state index is 12.8. The summed E-state index contributed by atoms with van der Waals surface area (Å²) in [6.45, 7) is 0.531. The smallest absolute Gasteiger partial charge is 0.247 e. The highest BCUT2D eigenvalue weighted by Crippen LogP contribution is 2.17. The van der Waals surface area contributed by atoms with Crippen LogP contribution in [0, 0.1) is 5.82 Å². The summed E-state index contributed by atoms with van der Waals surface area (Å²) in [5.41, 5.74) is 1.87. The Morgan fingerprint density at radius 1 is 1.00 bits per heavy atom. The van der Waals surface area contributed by atoms with Crippen LogP contribution in [0.4, 0.5) is 4.39 Å². The zero-order valence-electron chi connectivity index (χ0n) is 14.3. The minimum Gasteiger partial charge on any atom is -0.421 e. The van der Waals surface area contributed by atoms with Crippen LogP contribution in [0.15, 0.2) is 59.0 Å². The van der Waals surface area contributed by atoms with E-state index in [1.54, 1.807) is 12.1 Å². The van der Waals surface area contributed by atoms with Gasteiger partial charge in [0.2, 0.25) is 17.7 Å². The SMILES string of the molecule is O=C(CCCc1nnc(-c2ccccc2)o1)NCCc1ccc(F)cc1. The summed E-state index contributed by atoms with van der Waals surface area (Å²) < 4.78 is 18.4. The first-order valence-electron chi connectivity index (χ1n) is 8.59. The molecule has 134 valence electrons. The highest BCUT2D eigenvalue weighted by Gasteiger charge is 2.09. The Hall–Kier alpha value is -3.02. The summed E-state index contributed by atoms with van der Waals surface area (Å²) in [6.07, 6.45) is 2.27. The zero-order chi connectivity index (χ0) is 18.2. The number of halogens is 1. The first-order valence-corrected chi connectivity index (χ1v) is 8.59. The Morgan fingerprint density at radius 2 is 1.77 bits per heavy atom. The highest BCUT2D eigenvalue weighted by molar-refractivity contribution is 5.75. The van der Waals surface area contributed by atoms with Gasteiger partial charge < -0.3 is 9.73 Å². The number of hydrogen-bond donors (Lipinski definition) is 1. The van der Waals surface area contributed by atoms with Crippen molar-refractivity contribution in [3.8, 4) is 11.5 Å². The van der Waals surface area contributed by atoms with E-state index in [0.717, 1.165) is 11.1 Å². The third kappa shape index (κ3) is 5.24. The maximum atomic E-state index is 12.8. The molecule has 1 heterocycles. The van der Waals surface area contributed by atoms with Gasteiger partial charge in [-0.15, -0.1) is 10.2 Å². The second-order valence-electron chi connectivity index (χ2n) is 5.95. The minimum atomic E-state index is -0.255. The van der Waals surface area contributed by atoms with Gasteiger partial charge in [-0.1, -0.05) is 30.3 Å². The van der Waals surface area contributed by atoms with Crippen molar-refractivity contribution < 1.29 is 13.6 Å². The monoisotopic (exact) mass is 353 g/mol. The Kier molecular flexibility index (Phi) is 6.09. The molecular formula is C20H20FN3O2. The van der Waals surface area contributed by atoms with Gasteiger partial charge in [-0.25, -0.2) is 4.39 Å². The molecule has 0 saturated carbocycles. The number of rotatable bonds is 8. The summed E-state index contributed by atoms with van der Waals surface area (Å²) in [5, 5.41) is 10.9. The van der Waals surface area contributed by atoms with E-state index in [1.165, 1.54) is 12.1 Å². The first kappa shape index (κ1) is 17.8. The fraction of sp³-hybridized carbons (Fsp3) is 0.250. The van der Waals surface area contributed by atoms with Crippen LogP contribution in [0.2, 0.25) is 0 Å². The molecule has 3 aromatic rings. The summed E-state index contributed by atoms with van der Waals surface area (Å²) in [4.78, 5) is 11.9. The van der Waals surface area contributed by atoms with E-state index < -0.39 is 0 Å². The lowest BCUT2D eigenvalue weighted by Gasteiger charge is -2.05. The first-order chi connectivity index (χ1) is 12.7. The van der Waals surface area contributed by atoms with E-state index >= 15 is 0 Å². The number of hydrogen-bond acceptors (Lipinski definition) is 4. The van der Waals surface area contributed by atoms with Gasteiger partial charge in [0, 0.05) is 24.9 Å². The summed E-state index contributed by atoms with van der Waals surface area (Å²) in [5.74, 6) is 0.747. The van der Waals surface area contributed by atoms with E-state index in [2.05, 4.69) is 15.5 Å². The maximum Gasteiger partial charge on any atom is 0.247 e. The van der Waals surface area contributed by atoms with Crippen LogP contribution in [-0.4, -0.2) is 22.6 Å². The molecule has 0 aliphatic rings. The molecule has 0 fully saturated rings. The molecule has 0 radical (unpaired) electrons. The standard InChI is InChI=1S/C20H20FN3O2/c21-17-11-9-15(10-12-17)13-14-22-18(25)7-4-8-19-23-24-20(26-19)16-5-2-1-3-6-16/h1-3,5-6,9-12H,4,7-8,13-14H2,(H,22,25). The Morgan fingerprint density at radius 3 is 2.54 bits per heavy atom. The van der Waals surface area contributed by atoms with Gasteiger partial charge in [0.15, 0.2) is 0 Å². The molecule has 6 heteroatoms. The van der Waals surface area contributed by atoms with Crippen molar-refractivity contribution in [2.45, 2.75) is 25.7 Å². The van der Waals surface area contributed by atoms with Crippen LogP contribution in [0.25, 0.3) is 11.5 Å². The lowest BCUT2D eigenvalue weighted by Crippen LogP contribution is -2.25. The molecule has 1 aromatic heterocycles. The lowest BCUT2D eigenvalue weighted by atomic mass is 10.1. The van der Waals surface area contributed by atoms with Crippen molar-refractivity contribution in [3.05, 3.63) is 71.9 Å². The van der Waals surface area contributed by atoms with E-state index in [-0.39, 0.29) is 11.7 Å². The van der Waals surface area contributed by atoms with Crippen molar-refractivity contribution in [1.29, 1.82) is 0 Å². The van der Waals surface area contributed by atoms with Gasteiger partial charge in [0.1, 0.15) is 5.82 Å². The number of amides is 1. The lowest BCUT2D eigenvalue weighted by molar-refractivity contribution is -0.121. The molecule has 0 spiro atoms. The van der Waals surface area contributed by atoms with Crippen molar-refractivity contribution in [3.63, 3.8) is 0 Å². The number of nitrogens with one attached hydrogen (secondary N) is 1. The van der Waals surface area contributed by atoms with Gasteiger partial charge in [-0.05, 0) is 42.7 Å². The van der Waals surface area contributed by atoms with Crippen LogP contribution >= 0.6 is 0 Å². The Labute approximate surface area is 151 Å². The Balaban J connectivity index is 1.36. The second kappa shape index (κ2) is 8.89. The molecule has 2 aromatic carbocycles. The molecule has 0 saturated heterocycles. The van der Waals surface area contributed by atoms with Gasteiger partial charge in [0.25, 0.3) is 0 Å². The highest BCUT2D eigenvalue weighted by atomic mass is 19.1. The number of benzene rings is 2. The number of aryl methyl sites for hydroxylation is 1. The molecule has 5 nitrogen and oxygen atoms in total. The van der Waals surface area contributed by atoms with Crippen LogP contribution in [0.1, 0.15) is 24.3 Å². The number of nitrogens with zero attached hydrogens (tertiary/aromatic N) is 2. The summed E-state index contributed by atoms with van der Waals surface area (Å²) >= 11 is 0. The molecule has 3 rings (SSSR count). The number of carbonyl (C=O) groups is 1. The van der Waals surface area contributed by atoms with Crippen LogP contribution in [-0.2, 0) is 17.6 Å². The zero-order valence-corrected chi connectivity index (χ0v) is 14.3. The Bertz CT molecular complexity index is 832. The molecule has 0 bridgehead atoms. The van der Waals surface area contributed by atoms with Crippen molar-refractivity contribution >= 4 is 5.91 Å². The van der Waals surface area contributed by atoms with Crippen LogP contribution in [0.5, 0.6) is 0 Å². The van der Waals surface area contributed by atoms with E-state index in [0.29, 0.717) is 44.0 Å². The molecule has 26 heavy (non-hydrogen) atoms. The van der Waals surface area contributed by atoms with Gasteiger partial charge >= 0.3 is 0 Å².